The van der Waals surface area contributed by atoms with Gasteiger partial charge in [0.2, 0.25) is 0 Å². The summed E-state index contributed by atoms with van der Waals surface area (Å²) in [5, 5.41) is 5.54. The van der Waals surface area contributed by atoms with Crippen LogP contribution in [0.15, 0.2) is 59.2 Å². The molecule has 0 aliphatic carbocycles. The van der Waals surface area contributed by atoms with Crippen molar-refractivity contribution >= 4 is 23.2 Å². The minimum Gasteiger partial charge on any atom is -0.494 e. The highest BCUT2D eigenvalue weighted by Gasteiger charge is 2.18. The van der Waals surface area contributed by atoms with Gasteiger partial charge < -0.3 is 24.5 Å². The van der Waals surface area contributed by atoms with Gasteiger partial charge in [0.1, 0.15) is 11.5 Å². The number of amides is 2. The molecule has 0 atom stereocenters. The van der Waals surface area contributed by atoms with Crippen LogP contribution in [0, 0.1) is 6.92 Å². The zero-order chi connectivity index (χ0) is 20.1. The quantitative estimate of drug-likeness (QED) is 0.672. The van der Waals surface area contributed by atoms with Crippen LogP contribution in [-0.4, -0.2) is 26.0 Å². The normalized spacial score (nSPS) is 10.2. The second kappa shape index (κ2) is 8.30. The molecule has 0 spiro atoms. The number of ether oxygens (including phenoxy) is 2. The van der Waals surface area contributed by atoms with Crippen molar-refractivity contribution in [3.05, 3.63) is 71.7 Å². The maximum absolute atomic E-state index is 12.4. The lowest BCUT2D eigenvalue weighted by molar-refractivity contribution is 0.0993. The predicted molar refractivity (Wildman–Crippen MR) is 105 cm³/mol. The molecule has 0 fully saturated rings. The fraction of sp³-hybridized carbons (Fsp3) is 0.143. The average Bonchev–Trinajstić information content (AvgIpc) is 3.15. The standard InChI is InChI=1S/C21H20N2O5/c1-13-9-10-28-19(13)21(25)23-16-12-17(26-2)15(11-18(16)27-3)22-20(24)14-7-5-4-6-8-14/h4-12H,1-3H3,(H,22,24)(H,23,25). The van der Waals surface area contributed by atoms with Crippen molar-refractivity contribution in [1.29, 1.82) is 0 Å². The zero-order valence-corrected chi connectivity index (χ0v) is 15.7. The molecule has 144 valence electrons. The van der Waals surface area contributed by atoms with Crippen LogP contribution in [-0.2, 0) is 0 Å². The van der Waals surface area contributed by atoms with Crippen molar-refractivity contribution in [2.45, 2.75) is 6.92 Å². The number of carbonyl (C=O) groups excluding carboxylic acids is 2. The van der Waals surface area contributed by atoms with Crippen LogP contribution in [0.5, 0.6) is 11.5 Å². The first-order chi connectivity index (χ1) is 13.5. The van der Waals surface area contributed by atoms with Gasteiger partial charge in [-0.05, 0) is 25.1 Å². The third-order valence-electron chi connectivity index (χ3n) is 4.12. The summed E-state index contributed by atoms with van der Waals surface area (Å²) in [7, 11) is 2.95. The van der Waals surface area contributed by atoms with Crippen molar-refractivity contribution < 1.29 is 23.5 Å². The van der Waals surface area contributed by atoms with Gasteiger partial charge in [-0.2, -0.15) is 0 Å². The topological polar surface area (TPSA) is 89.8 Å². The first-order valence-electron chi connectivity index (χ1n) is 8.51. The van der Waals surface area contributed by atoms with Crippen LogP contribution < -0.4 is 20.1 Å². The first-order valence-corrected chi connectivity index (χ1v) is 8.51. The molecule has 7 heteroatoms. The number of hydrogen-bond donors (Lipinski definition) is 2. The molecular weight excluding hydrogens is 360 g/mol. The molecule has 0 unspecified atom stereocenters. The predicted octanol–water partition coefficient (Wildman–Crippen LogP) is 4.11. The lowest BCUT2D eigenvalue weighted by atomic mass is 10.2. The van der Waals surface area contributed by atoms with E-state index < -0.39 is 5.91 Å². The Morgan fingerprint density at radius 2 is 1.43 bits per heavy atom. The van der Waals surface area contributed by atoms with Gasteiger partial charge in [-0.1, -0.05) is 18.2 Å². The van der Waals surface area contributed by atoms with Crippen LogP contribution >= 0.6 is 0 Å². The van der Waals surface area contributed by atoms with Gasteiger partial charge >= 0.3 is 0 Å². The SMILES string of the molecule is COc1cc(NC(=O)c2occc2C)c(OC)cc1NC(=O)c1ccccc1. The molecule has 0 saturated heterocycles. The molecular formula is C21H20N2O5. The second-order valence-electron chi connectivity index (χ2n) is 5.96. The lowest BCUT2D eigenvalue weighted by Crippen LogP contribution is -2.15. The molecule has 1 heterocycles. The summed E-state index contributed by atoms with van der Waals surface area (Å²) in [5.41, 5.74) is 2.03. The number of rotatable bonds is 6. The Bertz CT molecular complexity index is 995. The summed E-state index contributed by atoms with van der Waals surface area (Å²) in [5.74, 6) is 0.244. The van der Waals surface area contributed by atoms with Gasteiger partial charge in [0.05, 0.1) is 31.9 Å². The van der Waals surface area contributed by atoms with Crippen LogP contribution in [0.2, 0.25) is 0 Å². The van der Waals surface area contributed by atoms with Crippen molar-refractivity contribution in [2.75, 3.05) is 24.9 Å². The van der Waals surface area contributed by atoms with Crippen LogP contribution in [0.25, 0.3) is 0 Å². The fourth-order valence-electron chi connectivity index (χ4n) is 2.66. The summed E-state index contributed by atoms with van der Waals surface area (Å²) in [6.07, 6.45) is 1.45. The molecule has 28 heavy (non-hydrogen) atoms. The number of nitrogens with one attached hydrogen (secondary N) is 2. The highest BCUT2D eigenvalue weighted by molar-refractivity contribution is 6.07. The largest absolute Gasteiger partial charge is 0.494 e. The van der Waals surface area contributed by atoms with Gasteiger partial charge in [0.15, 0.2) is 5.76 Å². The number of methoxy groups -OCH3 is 2. The van der Waals surface area contributed by atoms with Gasteiger partial charge in [-0.3, -0.25) is 9.59 Å². The van der Waals surface area contributed by atoms with Gasteiger partial charge in [0.25, 0.3) is 11.8 Å². The number of carbonyl (C=O) groups is 2. The minimum absolute atomic E-state index is 0.211. The number of furan rings is 1. The van der Waals surface area contributed by atoms with Crippen molar-refractivity contribution in [3.8, 4) is 11.5 Å². The number of anilines is 2. The molecule has 0 saturated carbocycles. The third-order valence-corrected chi connectivity index (χ3v) is 4.12. The Hall–Kier alpha value is -3.74. The molecule has 0 bridgehead atoms. The Morgan fingerprint density at radius 3 is 1.93 bits per heavy atom. The Labute approximate surface area is 162 Å². The first kappa shape index (κ1) is 19.0. The summed E-state index contributed by atoms with van der Waals surface area (Å²) < 4.78 is 16.0. The van der Waals surface area contributed by atoms with Crippen LogP contribution in [0.3, 0.4) is 0 Å². The number of aryl methyl sites for hydroxylation is 1. The Balaban J connectivity index is 1.88. The number of benzene rings is 2. The third kappa shape index (κ3) is 3.98. The van der Waals surface area contributed by atoms with Crippen molar-refractivity contribution in [2.24, 2.45) is 0 Å². The molecule has 2 aromatic carbocycles. The molecule has 1 aromatic heterocycles. The van der Waals surface area contributed by atoms with Crippen LogP contribution in [0.4, 0.5) is 11.4 Å². The van der Waals surface area contributed by atoms with Gasteiger partial charge in [-0.15, -0.1) is 0 Å². The molecule has 0 aliphatic heterocycles. The van der Waals surface area contributed by atoms with E-state index in [1.54, 1.807) is 49.4 Å². The highest BCUT2D eigenvalue weighted by Crippen LogP contribution is 2.37. The fourth-order valence-corrected chi connectivity index (χ4v) is 2.66. The monoisotopic (exact) mass is 380 g/mol. The molecule has 0 radical (unpaired) electrons. The van der Waals surface area contributed by atoms with E-state index in [4.69, 9.17) is 13.9 Å². The van der Waals surface area contributed by atoms with E-state index in [0.717, 1.165) is 5.56 Å². The minimum atomic E-state index is -0.413. The molecule has 7 nitrogen and oxygen atoms in total. The summed E-state index contributed by atoms with van der Waals surface area (Å²) in [6, 6.07) is 13.7. The maximum atomic E-state index is 12.4. The van der Waals surface area contributed by atoms with E-state index in [1.165, 1.54) is 20.5 Å². The smallest absolute Gasteiger partial charge is 0.291 e. The van der Waals surface area contributed by atoms with E-state index in [-0.39, 0.29) is 11.7 Å². The molecule has 3 aromatic rings. The summed E-state index contributed by atoms with van der Waals surface area (Å²) >= 11 is 0. The molecule has 3 rings (SSSR count). The van der Waals surface area contributed by atoms with Crippen molar-refractivity contribution in [3.63, 3.8) is 0 Å². The second-order valence-corrected chi connectivity index (χ2v) is 5.96. The van der Waals surface area contributed by atoms with E-state index >= 15 is 0 Å². The van der Waals surface area contributed by atoms with Crippen LogP contribution in [0.1, 0.15) is 26.5 Å². The lowest BCUT2D eigenvalue weighted by Gasteiger charge is -2.16. The van der Waals surface area contributed by atoms with Gasteiger partial charge in [0, 0.05) is 23.3 Å². The summed E-state index contributed by atoms with van der Waals surface area (Å²) in [6.45, 7) is 1.78. The number of hydrogen-bond acceptors (Lipinski definition) is 5. The summed E-state index contributed by atoms with van der Waals surface area (Å²) in [4.78, 5) is 24.9. The Kier molecular flexibility index (Phi) is 5.64. The van der Waals surface area contributed by atoms with E-state index in [2.05, 4.69) is 10.6 Å². The van der Waals surface area contributed by atoms with Gasteiger partial charge in [-0.25, -0.2) is 0 Å². The van der Waals surface area contributed by atoms with E-state index in [9.17, 15) is 9.59 Å². The maximum Gasteiger partial charge on any atom is 0.291 e. The zero-order valence-electron chi connectivity index (χ0n) is 15.7. The molecule has 0 aliphatic rings. The van der Waals surface area contributed by atoms with E-state index in [1.807, 2.05) is 6.07 Å². The highest BCUT2D eigenvalue weighted by atomic mass is 16.5. The van der Waals surface area contributed by atoms with E-state index in [0.29, 0.717) is 28.4 Å². The average molecular weight is 380 g/mol. The molecule has 2 amide bonds. The molecule has 2 N–H and O–H groups in total. The Morgan fingerprint density at radius 1 is 0.857 bits per heavy atom. The van der Waals surface area contributed by atoms with Crippen molar-refractivity contribution in [1.82, 2.24) is 0 Å².